The quantitative estimate of drug-likeness (QED) is 0.751. The second kappa shape index (κ2) is 6.47. The van der Waals surface area contributed by atoms with E-state index in [0.717, 1.165) is 0 Å². The Balaban J connectivity index is 2.58. The minimum Gasteiger partial charge on any atom is -0.508 e. The van der Waals surface area contributed by atoms with E-state index in [1.807, 2.05) is 6.92 Å². The SMILES string of the molecule is CCNC(=O)C(C)NCc1c(O)cccc1Cl. The van der Waals surface area contributed by atoms with Gasteiger partial charge in [0.05, 0.1) is 6.04 Å². The Bertz CT molecular complexity index is 376. The number of carbonyl (C=O) groups is 1. The van der Waals surface area contributed by atoms with E-state index in [1.165, 1.54) is 0 Å². The summed E-state index contributed by atoms with van der Waals surface area (Å²) in [5.74, 6) is 0.0622. The molecule has 0 saturated heterocycles. The number of phenolic OH excluding ortho intramolecular Hbond substituents is 1. The molecule has 94 valence electrons. The van der Waals surface area contributed by atoms with Gasteiger partial charge in [-0.15, -0.1) is 0 Å². The first-order valence-electron chi connectivity index (χ1n) is 5.53. The first-order chi connectivity index (χ1) is 8.06. The van der Waals surface area contributed by atoms with Gasteiger partial charge < -0.3 is 15.7 Å². The highest BCUT2D eigenvalue weighted by molar-refractivity contribution is 6.31. The Morgan fingerprint density at radius 1 is 1.53 bits per heavy atom. The molecule has 0 aliphatic carbocycles. The van der Waals surface area contributed by atoms with Gasteiger partial charge >= 0.3 is 0 Å². The molecule has 5 heteroatoms. The fraction of sp³-hybridized carbons (Fsp3) is 0.417. The molecule has 0 bridgehead atoms. The zero-order chi connectivity index (χ0) is 12.8. The third-order valence-corrected chi connectivity index (χ3v) is 2.78. The van der Waals surface area contributed by atoms with Crippen LogP contribution in [0, 0.1) is 0 Å². The molecule has 0 saturated carbocycles. The third-order valence-electron chi connectivity index (χ3n) is 2.42. The van der Waals surface area contributed by atoms with Crippen molar-refractivity contribution in [2.24, 2.45) is 0 Å². The van der Waals surface area contributed by atoms with Crippen LogP contribution in [0.15, 0.2) is 18.2 Å². The summed E-state index contributed by atoms with van der Waals surface area (Å²) in [5, 5.41) is 15.8. The predicted octanol–water partition coefficient (Wildman–Crippen LogP) is 1.66. The lowest BCUT2D eigenvalue weighted by Crippen LogP contribution is -2.41. The molecule has 1 aromatic rings. The maximum atomic E-state index is 11.5. The monoisotopic (exact) mass is 256 g/mol. The number of aromatic hydroxyl groups is 1. The summed E-state index contributed by atoms with van der Waals surface area (Å²) in [5.41, 5.74) is 0.602. The number of rotatable bonds is 5. The largest absolute Gasteiger partial charge is 0.508 e. The molecule has 17 heavy (non-hydrogen) atoms. The summed E-state index contributed by atoms with van der Waals surface area (Å²) in [6.07, 6.45) is 0. The molecule has 0 aliphatic rings. The van der Waals surface area contributed by atoms with Gasteiger partial charge in [0, 0.05) is 23.7 Å². The van der Waals surface area contributed by atoms with Crippen LogP contribution >= 0.6 is 11.6 Å². The molecule has 1 amide bonds. The van der Waals surface area contributed by atoms with Gasteiger partial charge in [-0.25, -0.2) is 0 Å². The van der Waals surface area contributed by atoms with Crippen LogP contribution in [0.4, 0.5) is 0 Å². The molecule has 0 heterocycles. The Morgan fingerprint density at radius 2 is 2.24 bits per heavy atom. The van der Waals surface area contributed by atoms with E-state index in [-0.39, 0.29) is 17.7 Å². The normalized spacial score (nSPS) is 12.2. The van der Waals surface area contributed by atoms with Gasteiger partial charge in [-0.2, -0.15) is 0 Å². The molecular formula is C12H17ClN2O2. The van der Waals surface area contributed by atoms with E-state index in [2.05, 4.69) is 10.6 Å². The van der Waals surface area contributed by atoms with Crippen molar-refractivity contribution in [1.29, 1.82) is 0 Å². The molecule has 1 atom stereocenters. The van der Waals surface area contributed by atoms with Crippen LogP contribution in [-0.2, 0) is 11.3 Å². The fourth-order valence-electron chi connectivity index (χ4n) is 1.40. The number of carbonyl (C=O) groups excluding carboxylic acids is 1. The van der Waals surface area contributed by atoms with Crippen LogP contribution in [0.2, 0.25) is 5.02 Å². The van der Waals surface area contributed by atoms with Crippen LogP contribution in [-0.4, -0.2) is 23.6 Å². The minimum atomic E-state index is -0.328. The van der Waals surface area contributed by atoms with E-state index in [9.17, 15) is 9.90 Å². The Kier molecular flexibility index (Phi) is 5.25. The molecule has 0 fully saturated rings. The number of benzene rings is 1. The molecule has 0 aliphatic heterocycles. The number of halogens is 1. The number of likely N-dealkylation sites (N-methyl/N-ethyl adjacent to an activating group) is 1. The summed E-state index contributed by atoms with van der Waals surface area (Å²) < 4.78 is 0. The lowest BCUT2D eigenvalue weighted by Gasteiger charge is -2.14. The van der Waals surface area contributed by atoms with Gasteiger partial charge in [-0.1, -0.05) is 17.7 Å². The molecule has 1 unspecified atom stereocenters. The Hall–Kier alpha value is -1.26. The van der Waals surface area contributed by atoms with Crippen molar-refractivity contribution in [3.05, 3.63) is 28.8 Å². The molecule has 0 spiro atoms. The molecule has 1 rings (SSSR count). The van der Waals surface area contributed by atoms with Gasteiger partial charge in [0.15, 0.2) is 0 Å². The zero-order valence-corrected chi connectivity index (χ0v) is 10.7. The zero-order valence-electron chi connectivity index (χ0n) is 9.96. The molecule has 0 radical (unpaired) electrons. The number of amides is 1. The lowest BCUT2D eigenvalue weighted by atomic mass is 10.2. The van der Waals surface area contributed by atoms with Crippen LogP contribution in [0.1, 0.15) is 19.4 Å². The van der Waals surface area contributed by atoms with E-state index < -0.39 is 0 Å². The fourth-order valence-corrected chi connectivity index (χ4v) is 1.63. The highest BCUT2D eigenvalue weighted by Crippen LogP contribution is 2.24. The van der Waals surface area contributed by atoms with Gasteiger partial charge in [0.1, 0.15) is 5.75 Å². The van der Waals surface area contributed by atoms with Crippen molar-refractivity contribution < 1.29 is 9.90 Å². The lowest BCUT2D eigenvalue weighted by molar-refractivity contribution is -0.122. The standard InChI is InChI=1S/C12H17ClN2O2/c1-3-14-12(17)8(2)15-7-9-10(13)5-4-6-11(9)16/h4-6,8,15-16H,3,7H2,1-2H3,(H,14,17). The smallest absolute Gasteiger partial charge is 0.236 e. The summed E-state index contributed by atoms with van der Waals surface area (Å²) in [6.45, 7) is 4.58. The van der Waals surface area contributed by atoms with Crippen LogP contribution in [0.5, 0.6) is 5.75 Å². The number of phenols is 1. The molecule has 3 N–H and O–H groups in total. The van der Waals surface area contributed by atoms with Gasteiger partial charge in [-0.3, -0.25) is 4.79 Å². The van der Waals surface area contributed by atoms with E-state index >= 15 is 0 Å². The summed E-state index contributed by atoms with van der Waals surface area (Å²) in [6, 6.07) is 4.62. The average molecular weight is 257 g/mol. The molecule has 0 aromatic heterocycles. The van der Waals surface area contributed by atoms with Crippen molar-refractivity contribution in [2.45, 2.75) is 26.4 Å². The second-order valence-corrected chi connectivity index (χ2v) is 4.14. The summed E-state index contributed by atoms with van der Waals surface area (Å²) in [4.78, 5) is 11.5. The molecule has 1 aromatic carbocycles. The van der Waals surface area contributed by atoms with Crippen molar-refractivity contribution in [2.75, 3.05) is 6.54 Å². The van der Waals surface area contributed by atoms with Crippen molar-refractivity contribution in [3.8, 4) is 5.75 Å². The van der Waals surface area contributed by atoms with Gasteiger partial charge in [0.2, 0.25) is 5.91 Å². The third kappa shape index (κ3) is 3.91. The maximum Gasteiger partial charge on any atom is 0.236 e. The van der Waals surface area contributed by atoms with E-state index in [4.69, 9.17) is 11.6 Å². The van der Waals surface area contributed by atoms with E-state index in [1.54, 1.807) is 25.1 Å². The highest BCUT2D eigenvalue weighted by Gasteiger charge is 2.13. The topological polar surface area (TPSA) is 61.4 Å². The van der Waals surface area contributed by atoms with Crippen LogP contribution in [0.25, 0.3) is 0 Å². The minimum absolute atomic E-state index is 0.0703. The first kappa shape index (κ1) is 13.8. The van der Waals surface area contributed by atoms with Crippen LogP contribution < -0.4 is 10.6 Å². The van der Waals surface area contributed by atoms with Gasteiger partial charge in [-0.05, 0) is 26.0 Å². The number of hydrogen-bond donors (Lipinski definition) is 3. The Morgan fingerprint density at radius 3 is 2.82 bits per heavy atom. The predicted molar refractivity (Wildman–Crippen MR) is 68.1 cm³/mol. The highest BCUT2D eigenvalue weighted by atomic mass is 35.5. The van der Waals surface area contributed by atoms with E-state index in [0.29, 0.717) is 23.7 Å². The van der Waals surface area contributed by atoms with Crippen LogP contribution in [0.3, 0.4) is 0 Å². The number of nitrogens with one attached hydrogen (secondary N) is 2. The van der Waals surface area contributed by atoms with Crippen molar-refractivity contribution in [1.82, 2.24) is 10.6 Å². The van der Waals surface area contributed by atoms with Gasteiger partial charge in [0.25, 0.3) is 0 Å². The molecule has 4 nitrogen and oxygen atoms in total. The summed E-state index contributed by atoms with van der Waals surface area (Å²) in [7, 11) is 0. The first-order valence-corrected chi connectivity index (χ1v) is 5.91. The average Bonchev–Trinajstić information content (AvgIpc) is 2.28. The Labute approximate surface area is 106 Å². The molecular weight excluding hydrogens is 240 g/mol. The summed E-state index contributed by atoms with van der Waals surface area (Å²) >= 11 is 5.95. The maximum absolute atomic E-state index is 11.5. The number of hydrogen-bond acceptors (Lipinski definition) is 3. The van der Waals surface area contributed by atoms with Crippen molar-refractivity contribution >= 4 is 17.5 Å². The van der Waals surface area contributed by atoms with Crippen molar-refractivity contribution in [3.63, 3.8) is 0 Å². The second-order valence-electron chi connectivity index (χ2n) is 3.73.